The molecule has 0 spiro atoms. The second-order valence-corrected chi connectivity index (χ2v) is 8.48. The largest absolute Gasteiger partial charge is 0.344 e. The van der Waals surface area contributed by atoms with E-state index in [9.17, 15) is 4.79 Å². The van der Waals surface area contributed by atoms with Gasteiger partial charge in [-0.2, -0.15) is 0 Å². The number of hydrogen-bond acceptors (Lipinski definition) is 3. The topological polar surface area (TPSA) is 23.6 Å². The van der Waals surface area contributed by atoms with Crippen LogP contribution >= 0.6 is 11.8 Å². The van der Waals surface area contributed by atoms with Gasteiger partial charge in [-0.3, -0.25) is 4.79 Å². The average Bonchev–Trinajstić information content (AvgIpc) is 3.03. The first-order valence-electron chi connectivity index (χ1n) is 8.56. The monoisotopic (exact) mass is 334 g/mol. The van der Waals surface area contributed by atoms with E-state index in [0.29, 0.717) is 5.75 Å². The zero-order valence-electron chi connectivity index (χ0n) is 15.0. The second kappa shape index (κ2) is 8.20. The lowest BCUT2D eigenvalue weighted by atomic mass is 9.87. The summed E-state index contributed by atoms with van der Waals surface area (Å²) >= 11 is 1.63. The number of likely N-dealkylation sites (N-methyl/N-ethyl adjacent to an activating group) is 1. The molecule has 0 unspecified atom stereocenters. The van der Waals surface area contributed by atoms with Crippen molar-refractivity contribution in [3.63, 3.8) is 0 Å². The highest BCUT2D eigenvalue weighted by Gasteiger charge is 2.15. The Hall–Kier alpha value is -1.00. The molecule has 1 aromatic carbocycles. The van der Waals surface area contributed by atoms with Crippen molar-refractivity contribution in [1.29, 1.82) is 0 Å². The van der Waals surface area contributed by atoms with Crippen LogP contribution in [0.1, 0.15) is 39.2 Å². The van der Waals surface area contributed by atoms with Crippen molar-refractivity contribution in [2.45, 2.75) is 43.9 Å². The molecule has 1 aliphatic heterocycles. The number of carbonyl (C=O) groups excluding carboxylic acids is 1. The number of benzene rings is 1. The summed E-state index contributed by atoms with van der Waals surface area (Å²) in [4.78, 5) is 17.7. The quantitative estimate of drug-likeness (QED) is 0.742. The molecular weight excluding hydrogens is 304 g/mol. The molecule has 1 aromatic rings. The van der Waals surface area contributed by atoms with Gasteiger partial charge in [-0.1, -0.05) is 32.9 Å². The third-order valence-electron chi connectivity index (χ3n) is 4.46. The van der Waals surface area contributed by atoms with E-state index in [2.05, 4.69) is 49.9 Å². The molecule has 1 fully saturated rings. The van der Waals surface area contributed by atoms with Gasteiger partial charge in [0.1, 0.15) is 0 Å². The Bertz CT molecular complexity index is 501. The van der Waals surface area contributed by atoms with Crippen molar-refractivity contribution >= 4 is 17.7 Å². The summed E-state index contributed by atoms with van der Waals surface area (Å²) in [7, 11) is 1.92. The lowest BCUT2D eigenvalue weighted by Gasteiger charge is -2.21. The molecular formula is C19H30N2OS. The minimum absolute atomic E-state index is 0.175. The van der Waals surface area contributed by atoms with E-state index in [-0.39, 0.29) is 11.3 Å². The number of thioether (sulfide) groups is 1. The van der Waals surface area contributed by atoms with Gasteiger partial charge in [-0.25, -0.2) is 0 Å². The molecule has 23 heavy (non-hydrogen) atoms. The van der Waals surface area contributed by atoms with Gasteiger partial charge in [0.25, 0.3) is 0 Å². The van der Waals surface area contributed by atoms with Crippen molar-refractivity contribution in [3.05, 3.63) is 29.8 Å². The highest BCUT2D eigenvalue weighted by molar-refractivity contribution is 8.00. The third-order valence-corrected chi connectivity index (χ3v) is 5.46. The minimum Gasteiger partial charge on any atom is -0.344 e. The summed E-state index contributed by atoms with van der Waals surface area (Å²) in [6.45, 7) is 10.9. The van der Waals surface area contributed by atoms with Gasteiger partial charge in [0, 0.05) is 25.0 Å². The summed E-state index contributed by atoms with van der Waals surface area (Å²) in [6, 6.07) is 8.60. The van der Waals surface area contributed by atoms with Crippen molar-refractivity contribution in [2.75, 3.05) is 39.0 Å². The molecule has 1 aliphatic rings. The van der Waals surface area contributed by atoms with Crippen LogP contribution in [0.3, 0.4) is 0 Å². The number of amides is 1. The lowest BCUT2D eigenvalue weighted by molar-refractivity contribution is -0.127. The zero-order valence-corrected chi connectivity index (χ0v) is 15.8. The van der Waals surface area contributed by atoms with E-state index >= 15 is 0 Å². The van der Waals surface area contributed by atoms with Crippen LogP contribution in [0.5, 0.6) is 0 Å². The lowest BCUT2D eigenvalue weighted by Crippen LogP contribution is -2.36. The molecule has 1 saturated heterocycles. The molecule has 1 heterocycles. The van der Waals surface area contributed by atoms with Gasteiger partial charge < -0.3 is 9.80 Å². The van der Waals surface area contributed by atoms with Crippen molar-refractivity contribution in [1.82, 2.24) is 9.80 Å². The number of likely N-dealkylation sites (tertiary alicyclic amines) is 1. The van der Waals surface area contributed by atoms with Crippen LogP contribution in [0.4, 0.5) is 0 Å². The molecule has 0 aromatic heterocycles. The maximum absolute atomic E-state index is 12.2. The van der Waals surface area contributed by atoms with E-state index in [4.69, 9.17) is 0 Å². The second-order valence-electron chi connectivity index (χ2n) is 7.43. The van der Waals surface area contributed by atoms with Gasteiger partial charge in [-0.05, 0) is 49.0 Å². The fourth-order valence-electron chi connectivity index (χ4n) is 2.73. The molecule has 0 radical (unpaired) electrons. The van der Waals surface area contributed by atoms with E-state index < -0.39 is 0 Å². The molecule has 128 valence electrons. The first-order valence-corrected chi connectivity index (χ1v) is 9.54. The average molecular weight is 335 g/mol. The smallest absolute Gasteiger partial charge is 0.232 e. The van der Waals surface area contributed by atoms with E-state index in [1.54, 1.807) is 11.8 Å². The molecule has 1 amide bonds. The Morgan fingerprint density at radius 1 is 1.17 bits per heavy atom. The normalized spacial score (nSPS) is 15.8. The Balaban J connectivity index is 1.74. The fourth-order valence-corrected chi connectivity index (χ4v) is 3.57. The van der Waals surface area contributed by atoms with Crippen LogP contribution in [0.2, 0.25) is 0 Å². The zero-order chi connectivity index (χ0) is 16.9. The minimum atomic E-state index is 0.175. The third kappa shape index (κ3) is 5.85. The molecule has 0 atom stereocenters. The first-order chi connectivity index (χ1) is 10.9. The molecule has 0 saturated carbocycles. The van der Waals surface area contributed by atoms with Crippen LogP contribution in [-0.4, -0.2) is 54.7 Å². The highest BCUT2D eigenvalue weighted by atomic mass is 32.2. The van der Waals surface area contributed by atoms with Gasteiger partial charge in [0.15, 0.2) is 0 Å². The number of nitrogens with zero attached hydrogens (tertiary/aromatic N) is 2. The van der Waals surface area contributed by atoms with Gasteiger partial charge in [0.05, 0.1) is 5.75 Å². The highest BCUT2D eigenvalue weighted by Crippen LogP contribution is 2.25. The molecule has 4 heteroatoms. The Morgan fingerprint density at radius 2 is 1.78 bits per heavy atom. The van der Waals surface area contributed by atoms with Crippen molar-refractivity contribution in [2.24, 2.45) is 0 Å². The SMILES string of the molecule is CN(CCN1CCCC1)C(=O)CSc1ccc(C(C)(C)C)cc1. The van der Waals surface area contributed by atoms with Crippen LogP contribution in [-0.2, 0) is 10.2 Å². The Kier molecular flexibility index (Phi) is 6.54. The summed E-state index contributed by atoms with van der Waals surface area (Å²) in [5.41, 5.74) is 1.50. The van der Waals surface area contributed by atoms with Crippen molar-refractivity contribution < 1.29 is 4.79 Å². The summed E-state index contributed by atoms with van der Waals surface area (Å²) in [6.07, 6.45) is 2.61. The molecule has 3 nitrogen and oxygen atoms in total. The van der Waals surface area contributed by atoms with Gasteiger partial charge in [0.2, 0.25) is 5.91 Å². The first kappa shape index (κ1) is 18.3. The molecule has 0 N–H and O–H groups in total. The van der Waals surface area contributed by atoms with Crippen LogP contribution < -0.4 is 0 Å². The van der Waals surface area contributed by atoms with Gasteiger partial charge >= 0.3 is 0 Å². The van der Waals surface area contributed by atoms with Crippen LogP contribution in [0.25, 0.3) is 0 Å². The van der Waals surface area contributed by atoms with E-state index in [1.165, 1.54) is 36.4 Å². The number of carbonyl (C=O) groups is 1. The number of rotatable bonds is 6. The molecule has 0 aliphatic carbocycles. The van der Waals surface area contributed by atoms with E-state index in [0.717, 1.165) is 13.1 Å². The van der Waals surface area contributed by atoms with Crippen LogP contribution in [0, 0.1) is 0 Å². The van der Waals surface area contributed by atoms with Gasteiger partial charge in [-0.15, -0.1) is 11.8 Å². The summed E-state index contributed by atoms with van der Waals surface area (Å²) in [5.74, 6) is 0.736. The maximum Gasteiger partial charge on any atom is 0.232 e. The Labute approximate surface area is 145 Å². The summed E-state index contributed by atoms with van der Waals surface area (Å²) in [5, 5.41) is 0. The maximum atomic E-state index is 12.2. The summed E-state index contributed by atoms with van der Waals surface area (Å²) < 4.78 is 0. The number of hydrogen-bond donors (Lipinski definition) is 0. The predicted molar refractivity (Wildman–Crippen MR) is 99.2 cm³/mol. The predicted octanol–water partition coefficient (Wildman–Crippen LogP) is 3.63. The van der Waals surface area contributed by atoms with E-state index in [1.807, 2.05) is 11.9 Å². The standard InChI is InChI=1S/C19H30N2OS/c1-19(2,3)16-7-9-17(10-8-16)23-15-18(22)20(4)13-14-21-11-5-6-12-21/h7-10H,5-6,11-15H2,1-4H3. The molecule has 2 rings (SSSR count). The Morgan fingerprint density at radius 3 is 2.35 bits per heavy atom. The fraction of sp³-hybridized carbons (Fsp3) is 0.632. The van der Waals surface area contributed by atoms with Crippen LogP contribution in [0.15, 0.2) is 29.2 Å². The van der Waals surface area contributed by atoms with Crippen molar-refractivity contribution in [3.8, 4) is 0 Å². The molecule has 0 bridgehead atoms.